The molecule has 152 valence electrons. The van der Waals surface area contributed by atoms with E-state index in [0.717, 1.165) is 0 Å². The third-order valence-electron chi connectivity index (χ3n) is 3.91. The van der Waals surface area contributed by atoms with Crippen molar-refractivity contribution in [2.75, 3.05) is 13.2 Å². The number of guanidine groups is 1. The molecule has 3 amide bonds. The molecule has 14 nitrogen and oxygen atoms in total. The summed E-state index contributed by atoms with van der Waals surface area (Å²) < 4.78 is 34.8. The fourth-order valence-corrected chi connectivity index (χ4v) is 3.23. The number of carbonyl (C=O) groups is 2. The second-order valence-electron chi connectivity index (χ2n) is 5.92. The number of amides is 3. The molecule has 2 aliphatic rings. The van der Waals surface area contributed by atoms with Crippen LogP contribution >= 0.6 is 0 Å². The van der Waals surface area contributed by atoms with E-state index in [-0.39, 0.29) is 31.4 Å². The lowest BCUT2D eigenvalue weighted by Gasteiger charge is -2.30. The number of oxime groups is 1. The number of piperidine rings is 1. The number of nitrogens with zero attached hydrogens (tertiary/aromatic N) is 3. The van der Waals surface area contributed by atoms with Gasteiger partial charge in [-0.3, -0.25) is 14.8 Å². The van der Waals surface area contributed by atoms with Gasteiger partial charge >= 0.3 is 16.4 Å². The van der Waals surface area contributed by atoms with Crippen molar-refractivity contribution in [2.45, 2.75) is 37.8 Å². The topological polar surface area (TPSA) is 214 Å². The van der Waals surface area contributed by atoms with Gasteiger partial charge in [0.1, 0.15) is 12.4 Å². The van der Waals surface area contributed by atoms with Crippen molar-refractivity contribution in [3.8, 4) is 0 Å². The largest absolute Gasteiger partial charge is 0.418 e. The van der Waals surface area contributed by atoms with Crippen LogP contribution in [0.25, 0.3) is 0 Å². The molecular weight excluding hydrogens is 386 g/mol. The van der Waals surface area contributed by atoms with E-state index >= 15 is 0 Å². The minimum absolute atomic E-state index is 0.0453. The van der Waals surface area contributed by atoms with Crippen molar-refractivity contribution in [3.63, 3.8) is 0 Å². The van der Waals surface area contributed by atoms with Crippen LogP contribution in [0.15, 0.2) is 5.16 Å². The van der Waals surface area contributed by atoms with Crippen LogP contribution < -0.4 is 16.8 Å². The predicted octanol–water partition coefficient (Wildman–Crippen LogP) is -1.93. The molecule has 2 heterocycles. The predicted molar refractivity (Wildman–Crippen MR) is 90.2 cm³/mol. The van der Waals surface area contributed by atoms with Crippen molar-refractivity contribution in [3.05, 3.63) is 0 Å². The third-order valence-corrected chi connectivity index (χ3v) is 4.26. The molecule has 0 aromatic heterocycles. The first kappa shape index (κ1) is 20.7. The highest BCUT2D eigenvalue weighted by Gasteiger charge is 2.48. The number of rotatable bonds is 8. The van der Waals surface area contributed by atoms with E-state index in [1.807, 2.05) is 0 Å². The van der Waals surface area contributed by atoms with Crippen LogP contribution in [0.5, 0.6) is 0 Å². The first-order chi connectivity index (χ1) is 12.6. The Morgan fingerprint density at radius 3 is 2.74 bits per heavy atom. The highest BCUT2D eigenvalue weighted by molar-refractivity contribution is 7.80. The molecule has 2 bridgehead atoms. The Balaban J connectivity index is 1.84. The van der Waals surface area contributed by atoms with Crippen LogP contribution in [0.4, 0.5) is 4.79 Å². The molecule has 0 radical (unpaired) electrons. The summed E-state index contributed by atoms with van der Waals surface area (Å²) in [4.78, 5) is 30.1. The van der Waals surface area contributed by atoms with Gasteiger partial charge in [-0.1, -0.05) is 0 Å². The number of urea groups is 1. The lowest BCUT2D eigenvalue weighted by molar-refractivity contribution is -0.120. The van der Waals surface area contributed by atoms with Crippen molar-refractivity contribution < 1.29 is 31.7 Å². The van der Waals surface area contributed by atoms with Crippen LogP contribution in [0.1, 0.15) is 25.7 Å². The molecule has 2 aliphatic heterocycles. The Kier molecular flexibility index (Phi) is 6.40. The first-order valence-electron chi connectivity index (χ1n) is 7.94. The molecule has 0 spiro atoms. The van der Waals surface area contributed by atoms with Gasteiger partial charge in [-0.15, -0.1) is 4.28 Å². The summed E-state index contributed by atoms with van der Waals surface area (Å²) in [7, 11) is -4.84. The smallest absolute Gasteiger partial charge is 0.393 e. The van der Waals surface area contributed by atoms with Gasteiger partial charge in [0.05, 0.1) is 12.1 Å². The number of carbonyl (C=O) groups excluding carboxylic acids is 2. The monoisotopic (exact) mass is 407 g/mol. The number of hydrogen-bond donors (Lipinski definition) is 5. The molecule has 7 N–H and O–H groups in total. The van der Waals surface area contributed by atoms with Crippen LogP contribution in [0, 0.1) is 5.41 Å². The molecule has 0 unspecified atom stereocenters. The Labute approximate surface area is 154 Å². The number of hydrogen-bond acceptors (Lipinski definition) is 8. The maximum Gasteiger partial charge on any atom is 0.418 e. The highest BCUT2D eigenvalue weighted by atomic mass is 32.3. The standard InChI is InChI=1S/C12H21N7O7S/c13-10(16-9(20)2-1-5-25-17-11(14)15)8-4-3-7-6-18(8)12(21)19(7)26-27(22,23)24/h7-8H,1-6H2,(H2,13,16,20)(H4,14,15,17)(H,22,23,24)/t7-,8+/m1/s1. The zero-order chi connectivity index (χ0) is 20.2. The van der Waals surface area contributed by atoms with Crippen LogP contribution in [-0.4, -0.2) is 71.9 Å². The summed E-state index contributed by atoms with van der Waals surface area (Å²) in [6.45, 7) is 0.222. The lowest BCUT2D eigenvalue weighted by atomic mass is 10.00. The number of hydroxylamine groups is 2. The number of amidine groups is 1. The van der Waals surface area contributed by atoms with Gasteiger partial charge in [0.15, 0.2) is 0 Å². The second-order valence-corrected chi connectivity index (χ2v) is 6.93. The summed E-state index contributed by atoms with van der Waals surface area (Å²) in [5, 5.41) is 14.3. The van der Waals surface area contributed by atoms with E-state index in [2.05, 4.69) is 14.8 Å². The average molecular weight is 407 g/mol. The zero-order valence-electron chi connectivity index (χ0n) is 14.2. The van der Waals surface area contributed by atoms with Crippen molar-refractivity contribution in [2.24, 2.45) is 16.6 Å². The third kappa shape index (κ3) is 5.66. The number of nitrogens with two attached hydrogens (primary N) is 2. The Hall–Kier alpha value is -2.65. The van der Waals surface area contributed by atoms with Crippen LogP contribution in [0.3, 0.4) is 0 Å². The van der Waals surface area contributed by atoms with Crippen LogP contribution in [-0.2, 0) is 24.3 Å². The Bertz CT molecular complexity index is 736. The molecule has 15 heteroatoms. The Morgan fingerprint density at radius 2 is 2.11 bits per heavy atom. The first-order valence-corrected chi connectivity index (χ1v) is 9.31. The normalized spacial score (nSPS) is 21.7. The van der Waals surface area contributed by atoms with Gasteiger partial charge < -0.3 is 26.5 Å². The molecular formula is C12H21N7O7S. The molecule has 27 heavy (non-hydrogen) atoms. The molecule has 0 saturated carbocycles. The fraction of sp³-hybridized carbons (Fsp3) is 0.667. The van der Waals surface area contributed by atoms with E-state index in [1.165, 1.54) is 4.90 Å². The summed E-state index contributed by atoms with van der Waals surface area (Å²) in [6.07, 6.45) is 1.02. The molecule has 2 saturated heterocycles. The van der Waals surface area contributed by atoms with Crippen molar-refractivity contribution in [1.29, 1.82) is 5.41 Å². The van der Waals surface area contributed by atoms with Gasteiger partial charge in [0.25, 0.3) is 0 Å². The molecule has 0 aromatic carbocycles. The molecule has 0 aromatic rings. The second kappa shape index (κ2) is 8.36. The van der Waals surface area contributed by atoms with E-state index in [0.29, 0.717) is 24.3 Å². The SMILES string of the molecule is N=C(NC(=O)CCCON=C(N)N)[C@@H]1CC[C@@H]2CN1C(=O)N2OS(=O)(=O)O. The van der Waals surface area contributed by atoms with Gasteiger partial charge in [0.2, 0.25) is 11.9 Å². The zero-order valence-corrected chi connectivity index (χ0v) is 15.0. The van der Waals surface area contributed by atoms with Crippen molar-refractivity contribution >= 4 is 34.1 Å². The van der Waals surface area contributed by atoms with E-state index in [1.54, 1.807) is 0 Å². The maximum absolute atomic E-state index is 12.3. The minimum atomic E-state index is -4.84. The van der Waals surface area contributed by atoms with Gasteiger partial charge in [-0.25, -0.2) is 4.79 Å². The summed E-state index contributed by atoms with van der Waals surface area (Å²) in [5.41, 5.74) is 10.1. The van der Waals surface area contributed by atoms with Crippen LogP contribution in [0.2, 0.25) is 0 Å². The molecule has 2 atom stereocenters. The van der Waals surface area contributed by atoms with Gasteiger partial charge in [-0.05, 0) is 24.4 Å². The molecule has 2 rings (SSSR count). The summed E-state index contributed by atoms with van der Waals surface area (Å²) in [6, 6.07) is -2.10. The van der Waals surface area contributed by atoms with E-state index in [9.17, 15) is 18.0 Å². The van der Waals surface area contributed by atoms with Gasteiger partial charge in [-0.2, -0.15) is 13.5 Å². The Morgan fingerprint density at radius 1 is 1.41 bits per heavy atom. The molecule has 2 fully saturated rings. The average Bonchev–Trinajstić information content (AvgIpc) is 2.77. The fourth-order valence-electron chi connectivity index (χ4n) is 2.85. The summed E-state index contributed by atoms with van der Waals surface area (Å²) >= 11 is 0. The minimum Gasteiger partial charge on any atom is -0.393 e. The quantitative estimate of drug-likeness (QED) is 0.0993. The summed E-state index contributed by atoms with van der Waals surface area (Å²) in [5.74, 6) is -0.877. The van der Waals surface area contributed by atoms with E-state index in [4.69, 9.17) is 26.3 Å². The van der Waals surface area contributed by atoms with Crippen molar-refractivity contribution in [1.82, 2.24) is 15.3 Å². The maximum atomic E-state index is 12.3. The number of fused-ring (bicyclic) bond motifs is 2. The van der Waals surface area contributed by atoms with E-state index < -0.39 is 34.4 Å². The lowest BCUT2D eigenvalue weighted by Crippen LogP contribution is -2.50. The molecule has 0 aliphatic carbocycles. The number of nitrogens with one attached hydrogen (secondary N) is 2. The van der Waals surface area contributed by atoms with Gasteiger partial charge in [0, 0.05) is 13.0 Å². The highest BCUT2D eigenvalue weighted by Crippen LogP contribution is 2.30.